The first-order chi connectivity index (χ1) is 10.8. The largest absolute Gasteiger partial charge is 0.481 e. The molecular formula is C16H24N2O5S. The fourth-order valence-electron chi connectivity index (χ4n) is 2.11. The molecular weight excluding hydrogens is 332 g/mol. The number of hydrogen-bond acceptors (Lipinski definition) is 4. The van der Waals surface area contributed by atoms with Gasteiger partial charge in [0, 0.05) is 5.56 Å². The lowest BCUT2D eigenvalue weighted by Gasteiger charge is -2.33. The molecule has 134 valence electrons. The Balaban J connectivity index is 3.11. The molecule has 0 bridgehead atoms. The van der Waals surface area contributed by atoms with Gasteiger partial charge in [0.15, 0.2) is 0 Å². The number of hydrogen-bond donors (Lipinski definition) is 3. The minimum Gasteiger partial charge on any atom is -0.481 e. The van der Waals surface area contributed by atoms with Gasteiger partial charge in [0.2, 0.25) is 10.0 Å². The number of carboxylic acid groups (broad SMARTS) is 1. The predicted octanol–water partition coefficient (Wildman–Crippen LogP) is 1.99. The van der Waals surface area contributed by atoms with Crippen LogP contribution in [0.15, 0.2) is 18.2 Å². The highest BCUT2D eigenvalue weighted by Gasteiger charge is 2.33. The van der Waals surface area contributed by atoms with Crippen LogP contribution in [-0.4, -0.2) is 37.2 Å². The second kappa shape index (κ2) is 7.21. The van der Waals surface area contributed by atoms with E-state index >= 15 is 0 Å². The molecule has 8 heteroatoms. The minimum absolute atomic E-state index is 0.100. The fourth-order valence-corrected chi connectivity index (χ4v) is 2.73. The minimum atomic E-state index is -3.47. The zero-order chi connectivity index (χ0) is 18.7. The fraction of sp³-hybridized carbons (Fsp3) is 0.500. The summed E-state index contributed by atoms with van der Waals surface area (Å²) in [6.45, 7) is 7.05. The molecule has 1 rings (SSSR count). The van der Waals surface area contributed by atoms with Gasteiger partial charge in [-0.15, -0.1) is 0 Å². The number of carbonyl (C=O) groups is 2. The topological polar surface area (TPSA) is 113 Å². The van der Waals surface area contributed by atoms with Gasteiger partial charge in [0.25, 0.3) is 5.91 Å². The molecule has 24 heavy (non-hydrogen) atoms. The summed E-state index contributed by atoms with van der Waals surface area (Å²) in [5, 5.41) is 11.8. The first-order valence-corrected chi connectivity index (χ1v) is 9.36. The van der Waals surface area contributed by atoms with Gasteiger partial charge in [-0.3, -0.25) is 14.3 Å². The van der Waals surface area contributed by atoms with Crippen molar-refractivity contribution in [3.05, 3.63) is 29.3 Å². The van der Waals surface area contributed by atoms with Gasteiger partial charge in [0.1, 0.15) is 0 Å². The predicted molar refractivity (Wildman–Crippen MR) is 92.6 cm³/mol. The number of aliphatic carboxylic acids is 1. The number of carbonyl (C=O) groups excluding carboxylic acids is 1. The standard InChI is InChI=1S/C16H24N2O5S/c1-10(2)16(4,9-14(19)20)17-15(21)12-7-6-11(3)13(8-12)18-24(5,22)23/h6-8,10,18H,9H2,1-5H3,(H,17,21)(H,19,20). The van der Waals surface area contributed by atoms with Gasteiger partial charge in [-0.1, -0.05) is 19.9 Å². The third kappa shape index (κ3) is 5.52. The molecule has 0 aliphatic heterocycles. The molecule has 1 atom stereocenters. The van der Waals surface area contributed by atoms with Crippen molar-refractivity contribution in [3.8, 4) is 0 Å². The van der Waals surface area contributed by atoms with Crippen molar-refractivity contribution in [2.24, 2.45) is 5.92 Å². The van der Waals surface area contributed by atoms with Crippen LogP contribution in [0.2, 0.25) is 0 Å². The lowest BCUT2D eigenvalue weighted by Crippen LogP contribution is -2.51. The molecule has 0 saturated carbocycles. The van der Waals surface area contributed by atoms with E-state index < -0.39 is 27.4 Å². The van der Waals surface area contributed by atoms with Crippen molar-refractivity contribution in [1.82, 2.24) is 5.32 Å². The van der Waals surface area contributed by atoms with E-state index in [0.717, 1.165) is 6.26 Å². The summed E-state index contributed by atoms with van der Waals surface area (Å²) in [7, 11) is -3.47. The first-order valence-electron chi connectivity index (χ1n) is 7.47. The van der Waals surface area contributed by atoms with E-state index in [4.69, 9.17) is 5.11 Å². The van der Waals surface area contributed by atoms with Crippen molar-refractivity contribution in [2.75, 3.05) is 11.0 Å². The summed E-state index contributed by atoms with van der Waals surface area (Å²) in [5.41, 5.74) is 0.325. The van der Waals surface area contributed by atoms with E-state index in [0.29, 0.717) is 11.3 Å². The summed E-state index contributed by atoms with van der Waals surface area (Å²) in [6.07, 6.45) is 0.818. The van der Waals surface area contributed by atoms with Crippen LogP contribution in [0.5, 0.6) is 0 Å². The Kier molecular flexibility index (Phi) is 5.99. The summed E-state index contributed by atoms with van der Waals surface area (Å²) in [6, 6.07) is 4.64. The number of rotatable bonds is 7. The zero-order valence-corrected chi connectivity index (χ0v) is 15.3. The molecule has 0 spiro atoms. The van der Waals surface area contributed by atoms with Crippen LogP contribution in [-0.2, 0) is 14.8 Å². The second-order valence-electron chi connectivity index (χ2n) is 6.50. The van der Waals surface area contributed by atoms with Crippen LogP contribution >= 0.6 is 0 Å². The molecule has 7 nitrogen and oxygen atoms in total. The van der Waals surface area contributed by atoms with Gasteiger partial charge in [0.05, 0.1) is 23.9 Å². The number of sulfonamides is 1. The van der Waals surface area contributed by atoms with Gasteiger partial charge >= 0.3 is 5.97 Å². The van der Waals surface area contributed by atoms with Gasteiger partial charge < -0.3 is 10.4 Å². The van der Waals surface area contributed by atoms with E-state index in [1.807, 2.05) is 13.8 Å². The van der Waals surface area contributed by atoms with Crippen molar-refractivity contribution < 1.29 is 23.1 Å². The summed E-state index contributed by atoms with van der Waals surface area (Å²) < 4.78 is 25.2. The number of nitrogens with one attached hydrogen (secondary N) is 2. The van der Waals surface area contributed by atoms with E-state index in [-0.39, 0.29) is 17.9 Å². The average Bonchev–Trinajstić information content (AvgIpc) is 2.38. The van der Waals surface area contributed by atoms with E-state index in [2.05, 4.69) is 10.0 Å². The number of benzene rings is 1. The monoisotopic (exact) mass is 356 g/mol. The van der Waals surface area contributed by atoms with E-state index in [1.54, 1.807) is 26.0 Å². The maximum absolute atomic E-state index is 12.5. The third-order valence-corrected chi connectivity index (χ3v) is 4.58. The smallest absolute Gasteiger partial charge is 0.305 e. The molecule has 1 aromatic carbocycles. The van der Waals surface area contributed by atoms with Gasteiger partial charge in [-0.05, 0) is 37.5 Å². The average molecular weight is 356 g/mol. The SMILES string of the molecule is Cc1ccc(C(=O)NC(C)(CC(=O)O)C(C)C)cc1NS(C)(=O)=O. The van der Waals surface area contributed by atoms with Gasteiger partial charge in [-0.25, -0.2) is 8.42 Å². The molecule has 0 aromatic heterocycles. The van der Waals surface area contributed by atoms with Crippen LogP contribution in [0.3, 0.4) is 0 Å². The summed E-state index contributed by atoms with van der Waals surface area (Å²) in [5.74, 6) is -1.56. The number of anilines is 1. The van der Waals surface area contributed by atoms with Crippen molar-refractivity contribution in [1.29, 1.82) is 0 Å². The molecule has 0 radical (unpaired) electrons. The Labute approximate surface area is 142 Å². The molecule has 1 amide bonds. The quantitative estimate of drug-likeness (QED) is 0.691. The van der Waals surface area contributed by atoms with Crippen molar-refractivity contribution in [2.45, 2.75) is 39.7 Å². The molecule has 0 fully saturated rings. The van der Waals surface area contributed by atoms with E-state index in [9.17, 15) is 18.0 Å². The van der Waals surface area contributed by atoms with Crippen LogP contribution in [0.25, 0.3) is 0 Å². The summed E-state index contributed by atoms with van der Waals surface area (Å²) in [4.78, 5) is 23.6. The third-order valence-electron chi connectivity index (χ3n) is 3.99. The Morgan fingerprint density at radius 2 is 1.88 bits per heavy atom. The van der Waals surface area contributed by atoms with Crippen molar-refractivity contribution in [3.63, 3.8) is 0 Å². The second-order valence-corrected chi connectivity index (χ2v) is 8.25. The molecule has 0 aliphatic rings. The number of carboxylic acids is 1. The maximum Gasteiger partial charge on any atom is 0.305 e. The first kappa shape index (κ1) is 20.0. The Morgan fingerprint density at radius 3 is 2.33 bits per heavy atom. The molecule has 0 heterocycles. The Bertz CT molecular complexity index is 743. The zero-order valence-electron chi connectivity index (χ0n) is 14.5. The normalized spacial score (nSPS) is 14.1. The summed E-state index contributed by atoms with van der Waals surface area (Å²) >= 11 is 0. The van der Waals surface area contributed by atoms with Crippen LogP contribution < -0.4 is 10.0 Å². The lowest BCUT2D eigenvalue weighted by molar-refractivity contribution is -0.138. The Hall–Kier alpha value is -2.09. The highest BCUT2D eigenvalue weighted by Crippen LogP contribution is 2.23. The van der Waals surface area contributed by atoms with Crippen molar-refractivity contribution >= 4 is 27.6 Å². The lowest BCUT2D eigenvalue weighted by atomic mass is 9.85. The molecule has 1 unspecified atom stereocenters. The molecule has 1 aromatic rings. The van der Waals surface area contributed by atoms with E-state index in [1.165, 1.54) is 6.07 Å². The van der Waals surface area contributed by atoms with Crippen LogP contribution in [0.4, 0.5) is 5.69 Å². The number of aryl methyl sites for hydroxylation is 1. The maximum atomic E-state index is 12.5. The highest BCUT2D eigenvalue weighted by atomic mass is 32.2. The van der Waals surface area contributed by atoms with Crippen LogP contribution in [0, 0.1) is 12.8 Å². The molecule has 0 saturated heterocycles. The highest BCUT2D eigenvalue weighted by molar-refractivity contribution is 7.92. The van der Waals surface area contributed by atoms with Gasteiger partial charge in [-0.2, -0.15) is 0 Å². The molecule has 0 aliphatic carbocycles. The Morgan fingerprint density at radius 1 is 1.29 bits per heavy atom. The van der Waals surface area contributed by atoms with Crippen LogP contribution in [0.1, 0.15) is 43.1 Å². The molecule has 3 N–H and O–H groups in total. The number of amides is 1.